The number of nitriles is 1. The van der Waals surface area contributed by atoms with Crippen LogP contribution in [0.2, 0.25) is 0 Å². The summed E-state index contributed by atoms with van der Waals surface area (Å²) in [4.78, 5) is 4.91. The maximum absolute atomic E-state index is 13.0. The quantitative estimate of drug-likeness (QED) is 0.534. The van der Waals surface area contributed by atoms with Crippen LogP contribution in [0, 0.1) is 25.2 Å². The summed E-state index contributed by atoms with van der Waals surface area (Å²) in [5, 5.41) is 12.8. The third-order valence-corrected chi connectivity index (χ3v) is 7.07. The minimum Gasteiger partial charge on any atom is -0.333 e. The second-order valence-electron chi connectivity index (χ2n) is 5.52. The van der Waals surface area contributed by atoms with E-state index in [1.165, 1.54) is 17.4 Å². The van der Waals surface area contributed by atoms with Crippen molar-refractivity contribution in [2.75, 3.05) is 4.72 Å². The van der Waals surface area contributed by atoms with Crippen molar-refractivity contribution < 1.29 is 12.9 Å². The minimum atomic E-state index is -3.93. The maximum Gasteiger partial charge on any atom is 0.273 e. The highest BCUT2D eigenvalue weighted by molar-refractivity contribution is 7.93. The van der Waals surface area contributed by atoms with E-state index in [0.29, 0.717) is 21.6 Å². The predicted molar refractivity (Wildman–Crippen MR) is 100 cm³/mol. The van der Waals surface area contributed by atoms with Gasteiger partial charge in [-0.15, -0.1) is 11.3 Å². The molecule has 0 aliphatic rings. The number of nitrogens with one attached hydrogen (secondary N) is 1. The van der Waals surface area contributed by atoms with Crippen LogP contribution in [0.25, 0.3) is 22.5 Å². The molecule has 4 rings (SSSR count). The Morgan fingerprint density at radius 1 is 1.26 bits per heavy atom. The lowest BCUT2D eigenvalue weighted by Gasteiger charge is -2.08. The van der Waals surface area contributed by atoms with Gasteiger partial charge in [0.05, 0.1) is 17.3 Å². The molecule has 1 N–H and O–H groups in total. The zero-order valence-corrected chi connectivity index (χ0v) is 16.4. The van der Waals surface area contributed by atoms with Crippen molar-refractivity contribution >= 4 is 49.1 Å². The van der Waals surface area contributed by atoms with Crippen molar-refractivity contribution in [3.05, 3.63) is 34.5 Å². The van der Waals surface area contributed by atoms with E-state index >= 15 is 0 Å². The molecule has 0 atom stereocenters. The lowest BCUT2D eigenvalue weighted by atomic mass is 10.1. The number of aromatic nitrogens is 4. The Kier molecular flexibility index (Phi) is 4.14. The molecule has 12 heteroatoms. The van der Waals surface area contributed by atoms with Crippen molar-refractivity contribution in [3.63, 3.8) is 0 Å². The fourth-order valence-corrected chi connectivity index (χ4v) is 5.63. The SMILES string of the molecule is Cc1sc(NS(=O)(=O)c2cccc3nsnc23)c(-c2nc(C#N)no2)c1C. The number of anilines is 1. The second-order valence-corrected chi connectivity index (χ2v) is 8.92. The molecule has 136 valence electrons. The lowest BCUT2D eigenvalue weighted by molar-refractivity contribution is 0.428. The van der Waals surface area contributed by atoms with E-state index < -0.39 is 10.0 Å². The third-order valence-electron chi connectivity index (χ3n) is 3.89. The molecule has 0 spiro atoms. The largest absolute Gasteiger partial charge is 0.333 e. The van der Waals surface area contributed by atoms with E-state index in [0.717, 1.165) is 22.2 Å². The number of nitrogens with zero attached hydrogens (tertiary/aromatic N) is 5. The predicted octanol–water partition coefficient (Wildman–Crippen LogP) is 3.09. The van der Waals surface area contributed by atoms with E-state index in [1.807, 2.05) is 13.8 Å². The number of fused-ring (bicyclic) bond motifs is 1. The molecule has 0 unspecified atom stereocenters. The molecule has 0 saturated carbocycles. The topological polar surface area (TPSA) is 135 Å². The fraction of sp³-hybridized carbons (Fsp3) is 0.133. The maximum atomic E-state index is 13.0. The van der Waals surface area contributed by atoms with Gasteiger partial charge in [-0.25, -0.2) is 8.42 Å². The van der Waals surface area contributed by atoms with Crippen LogP contribution in [0.1, 0.15) is 16.3 Å². The van der Waals surface area contributed by atoms with Gasteiger partial charge in [0.25, 0.3) is 21.7 Å². The average Bonchev–Trinajstić information content (AvgIpc) is 3.34. The minimum absolute atomic E-state index is 0.0339. The summed E-state index contributed by atoms with van der Waals surface area (Å²) < 4.78 is 41.9. The lowest BCUT2D eigenvalue weighted by Crippen LogP contribution is -2.13. The van der Waals surface area contributed by atoms with E-state index in [-0.39, 0.29) is 16.6 Å². The molecule has 1 aromatic carbocycles. The van der Waals surface area contributed by atoms with Gasteiger partial charge in [-0.3, -0.25) is 4.72 Å². The van der Waals surface area contributed by atoms with Crippen molar-refractivity contribution in [1.82, 2.24) is 18.9 Å². The van der Waals surface area contributed by atoms with Gasteiger partial charge in [-0.1, -0.05) is 6.07 Å². The van der Waals surface area contributed by atoms with Gasteiger partial charge in [-0.2, -0.15) is 19.0 Å². The van der Waals surface area contributed by atoms with Crippen LogP contribution in [-0.4, -0.2) is 27.3 Å². The van der Waals surface area contributed by atoms with Crippen molar-refractivity contribution in [2.45, 2.75) is 18.7 Å². The Morgan fingerprint density at radius 2 is 2.07 bits per heavy atom. The van der Waals surface area contributed by atoms with Gasteiger partial charge in [0.15, 0.2) is 0 Å². The summed E-state index contributed by atoms with van der Waals surface area (Å²) in [7, 11) is -3.93. The molecule has 3 heterocycles. The Balaban J connectivity index is 1.82. The number of hydrogen-bond acceptors (Lipinski definition) is 10. The van der Waals surface area contributed by atoms with E-state index in [4.69, 9.17) is 9.78 Å². The molecule has 9 nitrogen and oxygen atoms in total. The zero-order chi connectivity index (χ0) is 19.2. The van der Waals surface area contributed by atoms with E-state index in [1.54, 1.807) is 18.2 Å². The van der Waals surface area contributed by atoms with Gasteiger partial charge in [0.2, 0.25) is 0 Å². The summed E-state index contributed by atoms with van der Waals surface area (Å²) in [5.74, 6) is -0.0417. The molecule has 3 aromatic heterocycles. The van der Waals surface area contributed by atoms with Crippen LogP contribution in [0.3, 0.4) is 0 Å². The summed E-state index contributed by atoms with van der Waals surface area (Å²) >= 11 is 2.20. The third kappa shape index (κ3) is 2.95. The van der Waals surface area contributed by atoms with E-state index in [2.05, 4.69) is 23.6 Å². The van der Waals surface area contributed by atoms with Crippen LogP contribution in [-0.2, 0) is 10.0 Å². The highest BCUT2D eigenvalue weighted by atomic mass is 32.2. The Hall–Kier alpha value is -2.88. The van der Waals surface area contributed by atoms with Gasteiger partial charge in [-0.05, 0) is 36.7 Å². The monoisotopic (exact) mass is 418 g/mol. The molecule has 0 bridgehead atoms. The van der Waals surface area contributed by atoms with Gasteiger partial charge in [0.1, 0.15) is 27.0 Å². The van der Waals surface area contributed by atoms with Crippen molar-refractivity contribution in [3.8, 4) is 17.5 Å². The number of rotatable bonds is 4. The molecule has 27 heavy (non-hydrogen) atoms. The van der Waals surface area contributed by atoms with Gasteiger partial charge >= 0.3 is 0 Å². The Morgan fingerprint density at radius 3 is 2.81 bits per heavy atom. The van der Waals surface area contributed by atoms with Crippen molar-refractivity contribution in [1.29, 1.82) is 5.26 Å². The first-order valence-corrected chi connectivity index (χ1v) is 10.5. The summed E-state index contributed by atoms with van der Waals surface area (Å²) in [6.45, 7) is 3.67. The summed E-state index contributed by atoms with van der Waals surface area (Å²) in [6, 6.07) is 6.57. The molecule has 0 amide bonds. The number of hydrogen-bond donors (Lipinski definition) is 1. The highest BCUT2D eigenvalue weighted by Crippen LogP contribution is 2.40. The average molecular weight is 418 g/mol. The van der Waals surface area contributed by atoms with Gasteiger partial charge < -0.3 is 4.52 Å². The molecule has 4 aromatic rings. The summed E-state index contributed by atoms with van der Waals surface area (Å²) in [6.07, 6.45) is 0. The van der Waals surface area contributed by atoms with Crippen LogP contribution in [0.15, 0.2) is 27.6 Å². The van der Waals surface area contributed by atoms with Crippen LogP contribution >= 0.6 is 23.1 Å². The summed E-state index contributed by atoms with van der Waals surface area (Å²) in [5.41, 5.74) is 2.07. The normalized spacial score (nSPS) is 11.6. The first-order chi connectivity index (χ1) is 12.9. The van der Waals surface area contributed by atoms with Crippen LogP contribution in [0.4, 0.5) is 5.00 Å². The number of sulfonamides is 1. The zero-order valence-electron chi connectivity index (χ0n) is 13.9. The molecule has 0 radical (unpaired) electrons. The number of benzene rings is 1. The first-order valence-electron chi connectivity index (χ1n) is 7.49. The molecule has 0 fully saturated rings. The molecule has 0 aliphatic heterocycles. The molecule has 0 aliphatic carbocycles. The molecular weight excluding hydrogens is 408 g/mol. The van der Waals surface area contributed by atoms with Gasteiger partial charge in [0, 0.05) is 4.88 Å². The number of thiophene rings is 1. The molecule has 0 saturated heterocycles. The Bertz CT molecular complexity index is 1310. The Labute approximate surface area is 161 Å². The number of aryl methyl sites for hydroxylation is 1. The standard InChI is InChI=1S/C15H10N6O3S3/c1-7-8(2)25-15(12(7)14-17-11(6-16)18-24-14)21-27(22,23)10-5-3-4-9-13(10)20-26-19-9/h3-5,21H,1-2H3. The highest BCUT2D eigenvalue weighted by Gasteiger charge is 2.26. The molecular formula is C15H10N6O3S3. The van der Waals surface area contributed by atoms with Crippen molar-refractivity contribution in [2.24, 2.45) is 0 Å². The smallest absolute Gasteiger partial charge is 0.273 e. The van der Waals surface area contributed by atoms with Crippen LogP contribution in [0.5, 0.6) is 0 Å². The fourth-order valence-electron chi connectivity index (χ4n) is 2.50. The first kappa shape index (κ1) is 17.5. The second kappa shape index (κ2) is 6.38. The van der Waals surface area contributed by atoms with Crippen LogP contribution < -0.4 is 4.72 Å². The van der Waals surface area contributed by atoms with E-state index in [9.17, 15) is 8.42 Å².